The van der Waals surface area contributed by atoms with Gasteiger partial charge in [0.15, 0.2) is 0 Å². The lowest BCUT2D eigenvalue weighted by atomic mass is 10.1. The molecule has 0 aromatic heterocycles. The minimum atomic E-state index is -4.35. The van der Waals surface area contributed by atoms with Crippen LogP contribution in [0.25, 0.3) is 0 Å². The third kappa shape index (κ3) is 5.71. The quantitative estimate of drug-likeness (QED) is 0.190. The van der Waals surface area contributed by atoms with E-state index in [4.69, 9.17) is 4.18 Å². The first-order valence-corrected chi connectivity index (χ1v) is 11.4. The van der Waals surface area contributed by atoms with Gasteiger partial charge in [-0.2, -0.15) is 8.42 Å². The van der Waals surface area contributed by atoms with Crippen LogP contribution in [0.15, 0.2) is 77.7 Å². The zero-order chi connectivity index (χ0) is 22.4. The number of hydrogen-bond acceptors (Lipinski definition) is 8. The Hall–Kier alpha value is -3.64. The summed E-state index contributed by atoms with van der Waals surface area (Å²) in [5.41, 5.74) is 0.379. The highest BCUT2D eigenvalue weighted by atomic mass is 32.2. The van der Waals surface area contributed by atoms with Crippen molar-refractivity contribution in [3.8, 4) is 5.75 Å². The van der Waals surface area contributed by atoms with Gasteiger partial charge < -0.3 is 9.50 Å². The first-order valence-electron chi connectivity index (χ1n) is 8.77. The average molecular weight is 463 g/mol. The molecule has 0 unspecified atom stereocenters. The summed E-state index contributed by atoms with van der Waals surface area (Å²) in [7, 11) is -7.15. The SMILES string of the molecule is O=[N+]([O-])c1cccc(S(=O)(=O)Oc2ccccc2)c1CNc1ccc(N[SH](=O)=O)cc1. The molecule has 0 spiro atoms. The number of nitro groups is 1. The molecule has 0 aliphatic heterocycles. The second kappa shape index (κ2) is 9.45. The summed E-state index contributed by atoms with van der Waals surface area (Å²) in [5.74, 6) is 0.0766. The molecule has 12 heteroatoms. The predicted octanol–water partition coefficient (Wildman–Crippen LogP) is 2.91. The van der Waals surface area contributed by atoms with Crippen molar-refractivity contribution in [1.82, 2.24) is 0 Å². The van der Waals surface area contributed by atoms with Crippen molar-refractivity contribution in [2.45, 2.75) is 11.4 Å². The molecule has 3 aromatic carbocycles. The van der Waals surface area contributed by atoms with Gasteiger partial charge in [-0.1, -0.05) is 24.3 Å². The van der Waals surface area contributed by atoms with Crippen LogP contribution in [0.4, 0.5) is 17.1 Å². The van der Waals surface area contributed by atoms with E-state index in [0.717, 1.165) is 0 Å². The van der Waals surface area contributed by atoms with Crippen molar-refractivity contribution in [3.05, 3.63) is 88.5 Å². The predicted molar refractivity (Wildman–Crippen MR) is 115 cm³/mol. The van der Waals surface area contributed by atoms with Crippen LogP contribution in [0.3, 0.4) is 0 Å². The summed E-state index contributed by atoms with van der Waals surface area (Å²) in [6.45, 7) is -0.188. The Bertz CT molecular complexity index is 1250. The van der Waals surface area contributed by atoms with Crippen LogP contribution in [0.1, 0.15) is 5.56 Å². The number of rotatable bonds is 9. The minimum absolute atomic E-state index is 0.0757. The lowest BCUT2D eigenvalue weighted by Crippen LogP contribution is -2.15. The van der Waals surface area contributed by atoms with E-state index in [1.54, 1.807) is 30.3 Å². The number of para-hydroxylation sites is 1. The summed E-state index contributed by atoms with van der Waals surface area (Å²) >= 11 is 0. The summed E-state index contributed by atoms with van der Waals surface area (Å²) in [6.07, 6.45) is 0. The van der Waals surface area contributed by atoms with Gasteiger partial charge in [0.2, 0.25) is 10.9 Å². The van der Waals surface area contributed by atoms with Crippen LogP contribution < -0.4 is 14.2 Å². The smallest absolute Gasteiger partial charge is 0.339 e. The molecule has 0 saturated carbocycles. The van der Waals surface area contributed by atoms with Gasteiger partial charge >= 0.3 is 10.1 Å². The Labute approximate surface area is 179 Å². The molecular weight excluding hydrogens is 446 g/mol. The van der Waals surface area contributed by atoms with Gasteiger partial charge in [-0.3, -0.25) is 14.8 Å². The summed E-state index contributed by atoms with van der Waals surface area (Å²) in [5, 5.41) is 14.4. The van der Waals surface area contributed by atoms with E-state index < -0.39 is 25.9 Å². The van der Waals surface area contributed by atoms with Crippen LogP contribution in [0.2, 0.25) is 0 Å². The summed E-state index contributed by atoms with van der Waals surface area (Å²) < 4.78 is 54.4. The van der Waals surface area contributed by atoms with E-state index in [-0.39, 0.29) is 28.4 Å². The van der Waals surface area contributed by atoms with E-state index in [9.17, 15) is 26.9 Å². The molecule has 0 aliphatic carbocycles. The number of nitrogens with one attached hydrogen (secondary N) is 2. The third-order valence-corrected chi connectivity index (χ3v) is 5.87. The van der Waals surface area contributed by atoms with Crippen LogP contribution in [-0.4, -0.2) is 21.8 Å². The Morgan fingerprint density at radius 1 is 0.903 bits per heavy atom. The van der Waals surface area contributed by atoms with Gasteiger partial charge in [0.05, 0.1) is 10.5 Å². The Kier molecular flexibility index (Phi) is 6.72. The molecule has 0 radical (unpaired) electrons. The molecule has 0 fully saturated rings. The van der Waals surface area contributed by atoms with Crippen molar-refractivity contribution in [2.24, 2.45) is 0 Å². The number of nitro benzene ring substituents is 1. The van der Waals surface area contributed by atoms with Gasteiger partial charge in [0.1, 0.15) is 10.6 Å². The summed E-state index contributed by atoms with van der Waals surface area (Å²) in [4.78, 5) is 10.5. The highest BCUT2D eigenvalue weighted by Crippen LogP contribution is 2.29. The maximum absolute atomic E-state index is 12.8. The van der Waals surface area contributed by atoms with Gasteiger partial charge in [-0.05, 0) is 42.5 Å². The molecule has 3 rings (SSSR count). The largest absolute Gasteiger partial charge is 0.381 e. The van der Waals surface area contributed by atoms with Crippen LogP contribution in [0, 0.1) is 10.1 Å². The minimum Gasteiger partial charge on any atom is -0.381 e. The first-order chi connectivity index (χ1) is 14.8. The Morgan fingerprint density at radius 3 is 2.16 bits per heavy atom. The molecular formula is C19H17N3O7S2. The third-order valence-electron chi connectivity index (χ3n) is 4.10. The molecule has 3 aromatic rings. The standard InChI is InChI=1S/C19H17N3O7S2/c23-22(24)18-7-4-8-19(31(27,28)29-16-5-2-1-3-6-16)17(18)13-20-14-9-11-15(12-10-14)21-30(25)26/h1-12,20,30H,13H2,(H,21,25,26). The lowest BCUT2D eigenvalue weighted by Gasteiger charge is -2.13. The van der Waals surface area contributed by atoms with Crippen molar-refractivity contribution < 1.29 is 25.9 Å². The van der Waals surface area contributed by atoms with E-state index >= 15 is 0 Å². The fourth-order valence-electron chi connectivity index (χ4n) is 2.74. The molecule has 10 nitrogen and oxygen atoms in total. The second-order valence-electron chi connectivity index (χ2n) is 6.16. The molecule has 0 saturated heterocycles. The Balaban J connectivity index is 1.90. The average Bonchev–Trinajstić information content (AvgIpc) is 2.73. The molecule has 0 heterocycles. The van der Waals surface area contributed by atoms with Crippen LogP contribution >= 0.6 is 0 Å². The maximum atomic E-state index is 12.8. The number of anilines is 2. The van der Waals surface area contributed by atoms with Gasteiger partial charge in [0, 0.05) is 24.0 Å². The zero-order valence-corrected chi connectivity index (χ0v) is 17.5. The van der Waals surface area contributed by atoms with E-state index in [0.29, 0.717) is 11.4 Å². The highest BCUT2D eigenvalue weighted by Gasteiger charge is 2.27. The molecule has 2 N–H and O–H groups in total. The van der Waals surface area contributed by atoms with E-state index in [1.807, 2.05) is 0 Å². The molecule has 0 atom stereocenters. The van der Waals surface area contributed by atoms with E-state index in [1.165, 1.54) is 42.5 Å². The first kappa shape index (κ1) is 22.1. The van der Waals surface area contributed by atoms with Crippen molar-refractivity contribution in [1.29, 1.82) is 0 Å². The van der Waals surface area contributed by atoms with Crippen molar-refractivity contribution in [3.63, 3.8) is 0 Å². The van der Waals surface area contributed by atoms with Crippen LogP contribution in [0.5, 0.6) is 5.75 Å². The topological polar surface area (TPSA) is 145 Å². The van der Waals surface area contributed by atoms with Gasteiger partial charge in [0.25, 0.3) is 5.69 Å². The second-order valence-corrected chi connectivity index (χ2v) is 8.41. The molecule has 0 aliphatic rings. The zero-order valence-electron chi connectivity index (χ0n) is 15.8. The molecule has 162 valence electrons. The fourth-order valence-corrected chi connectivity index (χ4v) is 4.28. The maximum Gasteiger partial charge on any atom is 0.339 e. The van der Waals surface area contributed by atoms with Gasteiger partial charge in [-0.25, -0.2) is 8.42 Å². The number of hydrogen-bond donors (Lipinski definition) is 3. The number of nitrogens with zero attached hydrogens (tertiary/aromatic N) is 1. The fraction of sp³-hybridized carbons (Fsp3) is 0.0526. The highest BCUT2D eigenvalue weighted by molar-refractivity contribution is 7.87. The normalized spacial score (nSPS) is 11.1. The van der Waals surface area contributed by atoms with Crippen molar-refractivity contribution in [2.75, 3.05) is 10.0 Å². The molecule has 31 heavy (non-hydrogen) atoms. The van der Waals surface area contributed by atoms with E-state index in [2.05, 4.69) is 10.0 Å². The molecule has 0 amide bonds. The monoisotopic (exact) mass is 463 g/mol. The summed E-state index contributed by atoms with van der Waals surface area (Å²) in [6, 6.07) is 17.6. The number of benzene rings is 3. The lowest BCUT2D eigenvalue weighted by molar-refractivity contribution is -0.385. The number of thiol groups is 1. The van der Waals surface area contributed by atoms with Crippen LogP contribution in [-0.2, 0) is 27.6 Å². The van der Waals surface area contributed by atoms with Crippen molar-refractivity contribution >= 4 is 38.1 Å². The molecule has 0 bridgehead atoms. The Morgan fingerprint density at radius 2 is 1.55 bits per heavy atom. The van der Waals surface area contributed by atoms with Gasteiger partial charge in [-0.15, -0.1) is 0 Å².